The average Bonchev–Trinajstić information content (AvgIpc) is 2.28. The molecule has 0 amide bonds. The number of hydrogen-bond donors (Lipinski definition) is 2. The molecule has 82 valence electrons. The first kappa shape index (κ1) is 10.5. The first-order valence-electron chi connectivity index (χ1n) is 4.85. The van der Waals surface area contributed by atoms with Crippen LogP contribution in [0, 0.1) is 0 Å². The van der Waals surface area contributed by atoms with E-state index in [2.05, 4.69) is 9.97 Å². The molecule has 0 fully saturated rings. The van der Waals surface area contributed by atoms with Crippen LogP contribution in [0.25, 0.3) is 11.0 Å². The molecule has 0 aliphatic carbocycles. The second kappa shape index (κ2) is 4.24. The standard InChI is InChI=1S/C11H11N3O2/c12-8(11(15)16)5-7-1-2-9-10(6-7)14-4-3-13-9/h1-4,6,8H,5,12H2,(H,15,16). The maximum atomic E-state index is 10.6. The van der Waals surface area contributed by atoms with Crippen molar-refractivity contribution in [2.45, 2.75) is 12.5 Å². The molecule has 0 saturated carbocycles. The van der Waals surface area contributed by atoms with Crippen molar-refractivity contribution in [3.8, 4) is 0 Å². The molecule has 1 unspecified atom stereocenters. The van der Waals surface area contributed by atoms with Gasteiger partial charge in [-0.25, -0.2) is 0 Å². The van der Waals surface area contributed by atoms with Gasteiger partial charge >= 0.3 is 5.97 Å². The smallest absolute Gasteiger partial charge is 0.320 e. The van der Waals surface area contributed by atoms with Gasteiger partial charge in [0, 0.05) is 12.4 Å². The number of aliphatic carboxylic acids is 1. The summed E-state index contributed by atoms with van der Waals surface area (Å²) in [6.07, 6.45) is 3.51. The minimum absolute atomic E-state index is 0.293. The minimum atomic E-state index is -1.00. The lowest BCUT2D eigenvalue weighted by Crippen LogP contribution is -2.32. The quantitative estimate of drug-likeness (QED) is 0.785. The highest BCUT2D eigenvalue weighted by atomic mass is 16.4. The molecule has 1 atom stereocenters. The number of nitrogens with zero attached hydrogens (tertiary/aromatic N) is 2. The summed E-state index contributed by atoms with van der Waals surface area (Å²) >= 11 is 0. The second-order valence-electron chi connectivity index (χ2n) is 3.53. The Kier molecular flexibility index (Phi) is 2.78. The number of hydrogen-bond acceptors (Lipinski definition) is 4. The Labute approximate surface area is 91.9 Å². The Morgan fingerprint density at radius 2 is 2.00 bits per heavy atom. The van der Waals surface area contributed by atoms with Crippen molar-refractivity contribution in [2.24, 2.45) is 5.73 Å². The molecule has 1 aromatic carbocycles. The van der Waals surface area contributed by atoms with Crippen molar-refractivity contribution in [1.29, 1.82) is 0 Å². The van der Waals surface area contributed by atoms with E-state index in [0.717, 1.165) is 16.6 Å². The molecule has 0 aliphatic rings. The number of nitrogens with two attached hydrogens (primary N) is 1. The molecule has 1 aromatic heterocycles. The van der Waals surface area contributed by atoms with Gasteiger partial charge in [-0.05, 0) is 24.1 Å². The number of aromatic nitrogens is 2. The number of fused-ring (bicyclic) bond motifs is 1. The van der Waals surface area contributed by atoms with Crippen LogP contribution in [-0.2, 0) is 11.2 Å². The predicted molar refractivity (Wildman–Crippen MR) is 58.9 cm³/mol. The molecule has 0 spiro atoms. The fourth-order valence-electron chi connectivity index (χ4n) is 1.48. The highest BCUT2D eigenvalue weighted by Gasteiger charge is 2.12. The second-order valence-corrected chi connectivity index (χ2v) is 3.53. The highest BCUT2D eigenvalue weighted by Crippen LogP contribution is 2.12. The molecule has 0 radical (unpaired) electrons. The van der Waals surface area contributed by atoms with Crippen LogP contribution in [0.3, 0.4) is 0 Å². The number of benzene rings is 1. The minimum Gasteiger partial charge on any atom is -0.480 e. The molecule has 5 nitrogen and oxygen atoms in total. The van der Waals surface area contributed by atoms with E-state index in [1.54, 1.807) is 12.4 Å². The van der Waals surface area contributed by atoms with Gasteiger partial charge in [-0.2, -0.15) is 0 Å². The lowest BCUT2D eigenvalue weighted by molar-refractivity contribution is -0.138. The van der Waals surface area contributed by atoms with Crippen molar-refractivity contribution in [2.75, 3.05) is 0 Å². The Balaban J connectivity index is 2.29. The van der Waals surface area contributed by atoms with E-state index >= 15 is 0 Å². The number of rotatable bonds is 3. The Hall–Kier alpha value is -2.01. The van der Waals surface area contributed by atoms with Gasteiger partial charge in [0.1, 0.15) is 6.04 Å². The van der Waals surface area contributed by atoms with Crippen LogP contribution >= 0.6 is 0 Å². The van der Waals surface area contributed by atoms with E-state index in [0.29, 0.717) is 6.42 Å². The van der Waals surface area contributed by atoms with Crippen molar-refractivity contribution < 1.29 is 9.90 Å². The van der Waals surface area contributed by atoms with E-state index in [9.17, 15) is 4.79 Å². The van der Waals surface area contributed by atoms with Gasteiger partial charge in [-0.3, -0.25) is 14.8 Å². The molecule has 0 aliphatic heterocycles. The van der Waals surface area contributed by atoms with Crippen LogP contribution in [0.4, 0.5) is 0 Å². The predicted octanol–water partition coefficient (Wildman–Crippen LogP) is 0.584. The zero-order valence-corrected chi connectivity index (χ0v) is 8.50. The maximum absolute atomic E-state index is 10.6. The van der Waals surface area contributed by atoms with E-state index in [1.165, 1.54) is 0 Å². The number of carboxylic acids is 1. The van der Waals surface area contributed by atoms with Crippen molar-refractivity contribution >= 4 is 17.0 Å². The Morgan fingerprint density at radius 1 is 1.31 bits per heavy atom. The van der Waals surface area contributed by atoms with E-state index in [-0.39, 0.29) is 0 Å². The van der Waals surface area contributed by atoms with Crippen LogP contribution in [-0.4, -0.2) is 27.1 Å². The molecule has 0 saturated heterocycles. The maximum Gasteiger partial charge on any atom is 0.320 e. The van der Waals surface area contributed by atoms with Crippen molar-refractivity contribution in [3.63, 3.8) is 0 Å². The van der Waals surface area contributed by atoms with Crippen LogP contribution in [0.2, 0.25) is 0 Å². The van der Waals surface area contributed by atoms with Crippen LogP contribution < -0.4 is 5.73 Å². The molecule has 2 rings (SSSR count). The molecule has 16 heavy (non-hydrogen) atoms. The van der Waals surface area contributed by atoms with E-state index in [1.807, 2.05) is 18.2 Å². The third-order valence-electron chi connectivity index (χ3n) is 2.31. The summed E-state index contributed by atoms with van der Waals surface area (Å²) < 4.78 is 0. The van der Waals surface area contributed by atoms with Gasteiger partial charge in [-0.15, -0.1) is 0 Å². The third-order valence-corrected chi connectivity index (χ3v) is 2.31. The van der Waals surface area contributed by atoms with Crippen molar-refractivity contribution in [1.82, 2.24) is 9.97 Å². The summed E-state index contributed by atoms with van der Waals surface area (Å²) in [5.74, 6) is -1.00. The van der Waals surface area contributed by atoms with Gasteiger partial charge in [-0.1, -0.05) is 6.07 Å². The molecule has 2 aromatic rings. The summed E-state index contributed by atoms with van der Waals surface area (Å²) in [4.78, 5) is 18.9. The van der Waals surface area contributed by atoms with Gasteiger partial charge in [0.05, 0.1) is 11.0 Å². The SMILES string of the molecule is NC(Cc1ccc2nccnc2c1)C(=O)O. The van der Waals surface area contributed by atoms with Gasteiger partial charge in [0.25, 0.3) is 0 Å². The topological polar surface area (TPSA) is 89.1 Å². The Morgan fingerprint density at radius 3 is 2.69 bits per heavy atom. The first-order chi connectivity index (χ1) is 7.66. The van der Waals surface area contributed by atoms with Crippen LogP contribution in [0.5, 0.6) is 0 Å². The average molecular weight is 217 g/mol. The molecule has 0 bridgehead atoms. The van der Waals surface area contributed by atoms with E-state index < -0.39 is 12.0 Å². The molecule has 3 N–H and O–H groups in total. The zero-order chi connectivity index (χ0) is 11.5. The summed E-state index contributed by atoms with van der Waals surface area (Å²) in [7, 11) is 0. The zero-order valence-electron chi connectivity index (χ0n) is 8.50. The van der Waals surface area contributed by atoms with Gasteiger partial charge < -0.3 is 10.8 Å². The molecular formula is C11H11N3O2. The van der Waals surface area contributed by atoms with Gasteiger partial charge in [0.15, 0.2) is 0 Å². The first-order valence-corrected chi connectivity index (χ1v) is 4.85. The molecular weight excluding hydrogens is 206 g/mol. The van der Waals surface area contributed by atoms with E-state index in [4.69, 9.17) is 10.8 Å². The summed E-state index contributed by atoms with van der Waals surface area (Å²) in [6, 6.07) is 4.56. The fourth-order valence-corrected chi connectivity index (χ4v) is 1.48. The van der Waals surface area contributed by atoms with Crippen LogP contribution in [0.1, 0.15) is 5.56 Å². The lowest BCUT2D eigenvalue weighted by Gasteiger charge is -2.06. The summed E-state index contributed by atoms with van der Waals surface area (Å²) in [6.45, 7) is 0. The molecule has 5 heteroatoms. The Bertz CT molecular complexity index is 527. The summed E-state index contributed by atoms with van der Waals surface area (Å²) in [5.41, 5.74) is 7.84. The summed E-state index contributed by atoms with van der Waals surface area (Å²) in [5, 5.41) is 8.70. The third kappa shape index (κ3) is 2.14. The largest absolute Gasteiger partial charge is 0.480 e. The highest BCUT2D eigenvalue weighted by molar-refractivity contribution is 5.76. The fraction of sp³-hybridized carbons (Fsp3) is 0.182. The van der Waals surface area contributed by atoms with Crippen LogP contribution in [0.15, 0.2) is 30.6 Å². The van der Waals surface area contributed by atoms with Crippen molar-refractivity contribution in [3.05, 3.63) is 36.2 Å². The normalized spacial score (nSPS) is 12.6. The molecule has 1 heterocycles. The van der Waals surface area contributed by atoms with Gasteiger partial charge in [0.2, 0.25) is 0 Å². The monoisotopic (exact) mass is 217 g/mol. The lowest BCUT2D eigenvalue weighted by atomic mass is 10.1. The number of carboxylic acid groups (broad SMARTS) is 1. The number of carbonyl (C=O) groups is 1.